The molecule has 2 unspecified atom stereocenters. The number of ether oxygens (including phenoxy) is 1. The molecule has 0 spiro atoms. The Kier molecular flexibility index (Phi) is 5.68. The molecule has 0 saturated carbocycles. The fraction of sp³-hybridized carbons (Fsp3) is 0.588. The normalized spacial score (nSPS) is 19.7. The minimum absolute atomic E-state index is 0.139. The van der Waals surface area contributed by atoms with Crippen LogP contribution in [-0.4, -0.2) is 36.7 Å². The summed E-state index contributed by atoms with van der Waals surface area (Å²) in [6.45, 7) is 6.75. The first kappa shape index (κ1) is 18.2. The average Bonchev–Trinajstić information content (AvgIpc) is 2.91. The first-order valence-electron chi connectivity index (χ1n) is 7.81. The maximum Gasteiger partial charge on any atom is 0.410 e. The van der Waals surface area contributed by atoms with Crippen molar-refractivity contribution in [3.63, 3.8) is 0 Å². The molecule has 1 aliphatic heterocycles. The molecule has 1 fully saturated rings. The average molecular weight is 387 g/mol. The summed E-state index contributed by atoms with van der Waals surface area (Å²) in [7, 11) is 1.82. The van der Waals surface area contributed by atoms with Crippen molar-refractivity contribution in [3.8, 4) is 0 Å². The molecule has 1 heterocycles. The first-order valence-corrected chi connectivity index (χ1v) is 8.60. The lowest BCUT2D eigenvalue weighted by molar-refractivity contribution is 0.0285. The number of rotatable bonds is 3. The number of amides is 1. The van der Waals surface area contributed by atoms with Crippen molar-refractivity contribution in [2.24, 2.45) is 5.92 Å². The van der Waals surface area contributed by atoms with Gasteiger partial charge < -0.3 is 15.0 Å². The molecule has 23 heavy (non-hydrogen) atoms. The molecule has 6 heteroatoms. The number of nitrogens with zero attached hydrogens (tertiary/aromatic N) is 1. The van der Waals surface area contributed by atoms with E-state index in [9.17, 15) is 9.18 Å². The second kappa shape index (κ2) is 7.18. The van der Waals surface area contributed by atoms with Gasteiger partial charge in [0.25, 0.3) is 0 Å². The fourth-order valence-corrected chi connectivity index (χ4v) is 3.33. The van der Waals surface area contributed by atoms with Crippen molar-refractivity contribution in [3.05, 3.63) is 34.1 Å². The molecule has 2 rings (SSSR count). The zero-order chi connectivity index (χ0) is 17.2. The van der Waals surface area contributed by atoms with E-state index in [2.05, 4.69) is 21.2 Å². The van der Waals surface area contributed by atoms with Crippen molar-refractivity contribution in [1.29, 1.82) is 0 Å². The molecule has 0 radical (unpaired) electrons. The third kappa shape index (κ3) is 4.67. The van der Waals surface area contributed by atoms with E-state index in [0.717, 1.165) is 10.9 Å². The molecule has 2 atom stereocenters. The van der Waals surface area contributed by atoms with Gasteiger partial charge >= 0.3 is 6.09 Å². The number of benzene rings is 1. The maximum atomic E-state index is 14.2. The SMILES string of the molecule is CNC(c1cc(Br)ccc1F)C1CCN(C(=O)OC(C)(C)C)C1. The molecule has 0 aliphatic carbocycles. The maximum absolute atomic E-state index is 14.2. The largest absolute Gasteiger partial charge is 0.444 e. The number of likely N-dealkylation sites (tertiary alicyclic amines) is 1. The summed E-state index contributed by atoms with van der Waals surface area (Å²) >= 11 is 3.39. The van der Waals surface area contributed by atoms with Crippen LogP contribution in [0.3, 0.4) is 0 Å². The Morgan fingerprint density at radius 2 is 2.17 bits per heavy atom. The van der Waals surface area contributed by atoms with E-state index in [0.29, 0.717) is 18.7 Å². The minimum atomic E-state index is -0.506. The van der Waals surface area contributed by atoms with Crippen LogP contribution in [0.5, 0.6) is 0 Å². The van der Waals surface area contributed by atoms with Gasteiger partial charge in [-0.25, -0.2) is 9.18 Å². The number of carbonyl (C=O) groups is 1. The highest BCUT2D eigenvalue weighted by atomic mass is 79.9. The molecule has 4 nitrogen and oxygen atoms in total. The molecule has 0 aromatic heterocycles. The molecule has 1 N–H and O–H groups in total. The Bertz CT molecular complexity index is 574. The molecule has 1 aromatic carbocycles. The lowest BCUT2D eigenvalue weighted by atomic mass is 9.92. The van der Waals surface area contributed by atoms with Crippen LogP contribution < -0.4 is 5.32 Å². The van der Waals surface area contributed by atoms with Crippen LogP contribution in [0.25, 0.3) is 0 Å². The highest BCUT2D eigenvalue weighted by molar-refractivity contribution is 9.10. The van der Waals surface area contributed by atoms with Crippen molar-refractivity contribution < 1.29 is 13.9 Å². The molecular formula is C17H24BrFN2O2. The monoisotopic (exact) mass is 386 g/mol. The first-order chi connectivity index (χ1) is 10.7. The lowest BCUT2D eigenvalue weighted by Gasteiger charge is -2.26. The van der Waals surface area contributed by atoms with Crippen LogP contribution in [0.2, 0.25) is 0 Å². The Balaban J connectivity index is 2.10. The van der Waals surface area contributed by atoms with Gasteiger partial charge in [0.15, 0.2) is 0 Å². The molecule has 1 aliphatic rings. The highest BCUT2D eigenvalue weighted by Gasteiger charge is 2.35. The minimum Gasteiger partial charge on any atom is -0.444 e. The van der Waals surface area contributed by atoms with Crippen LogP contribution >= 0.6 is 15.9 Å². The Morgan fingerprint density at radius 1 is 1.48 bits per heavy atom. The topological polar surface area (TPSA) is 41.6 Å². The van der Waals surface area contributed by atoms with E-state index in [-0.39, 0.29) is 23.9 Å². The van der Waals surface area contributed by atoms with Gasteiger partial charge in [-0.2, -0.15) is 0 Å². The molecular weight excluding hydrogens is 363 g/mol. The number of carbonyl (C=O) groups excluding carboxylic acids is 1. The van der Waals surface area contributed by atoms with Crippen molar-refractivity contribution in [2.75, 3.05) is 20.1 Å². The van der Waals surface area contributed by atoms with Gasteiger partial charge in [-0.15, -0.1) is 0 Å². The quantitative estimate of drug-likeness (QED) is 0.849. The van der Waals surface area contributed by atoms with Crippen LogP contribution in [0.1, 0.15) is 38.8 Å². The van der Waals surface area contributed by atoms with Gasteiger partial charge in [0, 0.05) is 29.2 Å². The highest BCUT2D eigenvalue weighted by Crippen LogP contribution is 2.33. The summed E-state index contributed by atoms with van der Waals surface area (Å²) < 4.78 is 20.4. The van der Waals surface area contributed by atoms with Gasteiger partial charge in [-0.3, -0.25) is 0 Å². The second-order valence-corrected chi connectivity index (χ2v) is 7.82. The zero-order valence-corrected chi connectivity index (χ0v) is 15.6. The van der Waals surface area contributed by atoms with Crippen LogP contribution in [-0.2, 0) is 4.74 Å². The van der Waals surface area contributed by atoms with Crippen LogP contribution in [0, 0.1) is 11.7 Å². The zero-order valence-electron chi connectivity index (χ0n) is 14.0. The van der Waals surface area contributed by atoms with E-state index in [1.807, 2.05) is 27.8 Å². The van der Waals surface area contributed by atoms with E-state index in [1.54, 1.807) is 17.0 Å². The van der Waals surface area contributed by atoms with Crippen LogP contribution in [0.15, 0.2) is 22.7 Å². The summed E-state index contributed by atoms with van der Waals surface area (Å²) in [4.78, 5) is 13.9. The van der Waals surface area contributed by atoms with E-state index < -0.39 is 5.60 Å². The standard InChI is InChI=1S/C17H24BrFN2O2/c1-17(2,3)23-16(22)21-8-7-11(10-21)15(20-4)13-9-12(18)5-6-14(13)19/h5-6,9,11,15,20H,7-8,10H2,1-4H3. The summed E-state index contributed by atoms with van der Waals surface area (Å²) in [6.07, 6.45) is 0.515. The molecule has 128 valence electrons. The van der Waals surface area contributed by atoms with E-state index in [4.69, 9.17) is 4.74 Å². The third-order valence-electron chi connectivity index (χ3n) is 3.95. The number of halogens is 2. The molecule has 1 saturated heterocycles. The Hall–Kier alpha value is -1.14. The smallest absolute Gasteiger partial charge is 0.410 e. The van der Waals surface area contributed by atoms with Crippen molar-refractivity contribution in [2.45, 2.75) is 38.8 Å². The summed E-state index contributed by atoms with van der Waals surface area (Å²) in [5, 5.41) is 3.20. The van der Waals surface area contributed by atoms with Gasteiger partial charge in [0.05, 0.1) is 0 Å². The fourth-order valence-electron chi connectivity index (χ4n) is 2.95. The number of hydrogen-bond donors (Lipinski definition) is 1. The summed E-state index contributed by atoms with van der Waals surface area (Å²) in [6, 6.07) is 4.81. The molecule has 0 bridgehead atoms. The number of hydrogen-bond acceptors (Lipinski definition) is 3. The van der Waals surface area contributed by atoms with Gasteiger partial charge in [0.2, 0.25) is 0 Å². The predicted molar refractivity (Wildman–Crippen MR) is 91.8 cm³/mol. The van der Waals surface area contributed by atoms with Crippen molar-refractivity contribution >= 4 is 22.0 Å². The van der Waals surface area contributed by atoms with Gasteiger partial charge in [-0.1, -0.05) is 15.9 Å². The van der Waals surface area contributed by atoms with Crippen molar-refractivity contribution in [1.82, 2.24) is 10.2 Å². The van der Waals surface area contributed by atoms with Gasteiger partial charge in [-0.05, 0) is 58.4 Å². The second-order valence-electron chi connectivity index (χ2n) is 6.91. The molecule has 1 aromatic rings. The predicted octanol–water partition coefficient (Wildman–Crippen LogP) is 4.11. The Morgan fingerprint density at radius 3 is 2.78 bits per heavy atom. The Labute approximate surface area is 145 Å². The third-order valence-corrected chi connectivity index (χ3v) is 4.45. The van der Waals surface area contributed by atoms with Crippen LogP contribution in [0.4, 0.5) is 9.18 Å². The van der Waals surface area contributed by atoms with E-state index in [1.165, 1.54) is 6.07 Å². The number of nitrogens with one attached hydrogen (secondary N) is 1. The lowest BCUT2D eigenvalue weighted by Crippen LogP contribution is -2.36. The molecule has 1 amide bonds. The van der Waals surface area contributed by atoms with Gasteiger partial charge in [0.1, 0.15) is 11.4 Å². The summed E-state index contributed by atoms with van der Waals surface area (Å²) in [5.41, 5.74) is 0.117. The van der Waals surface area contributed by atoms with E-state index >= 15 is 0 Å². The summed E-state index contributed by atoms with van der Waals surface area (Å²) in [5.74, 6) is -0.0837.